The normalized spacial score (nSPS) is 30.5. The van der Waals surface area contributed by atoms with E-state index < -0.39 is 11.5 Å². The van der Waals surface area contributed by atoms with E-state index in [1.807, 2.05) is 6.07 Å². The van der Waals surface area contributed by atoms with Gasteiger partial charge in [-0.1, -0.05) is 26.8 Å². The number of amides is 4. The predicted molar refractivity (Wildman–Crippen MR) is 156 cm³/mol. The van der Waals surface area contributed by atoms with Crippen LogP contribution >= 0.6 is 11.3 Å². The Labute approximate surface area is 241 Å². The summed E-state index contributed by atoms with van der Waals surface area (Å²) < 4.78 is 0. The first-order chi connectivity index (χ1) is 18.8. The number of allylic oxidation sites excluding steroid dienone is 2. The predicted octanol–water partition coefficient (Wildman–Crippen LogP) is 6.40. The number of carbonyl (C=O) groups excluding carboxylic acids is 3. The molecule has 4 amide bonds. The summed E-state index contributed by atoms with van der Waals surface area (Å²) in [5.74, 6) is -0.722. The van der Waals surface area contributed by atoms with Crippen LogP contribution in [0.4, 0.5) is 10.5 Å². The molecule has 40 heavy (non-hydrogen) atoms. The fourth-order valence-corrected chi connectivity index (χ4v) is 8.27. The molecule has 1 N–H and O–H groups in total. The summed E-state index contributed by atoms with van der Waals surface area (Å²) in [7, 11) is 3.21. The lowest BCUT2D eigenvalue weighted by atomic mass is 9.77. The monoisotopic (exact) mass is 569 g/mol. The molecule has 0 unspecified atom stereocenters. The van der Waals surface area contributed by atoms with Crippen molar-refractivity contribution < 1.29 is 24.3 Å². The number of hydrogen-bond donors (Lipinski definition) is 1. The van der Waals surface area contributed by atoms with Crippen molar-refractivity contribution in [2.75, 3.05) is 19.0 Å². The van der Waals surface area contributed by atoms with Gasteiger partial charge in [0.2, 0.25) is 5.91 Å². The number of thiophene rings is 1. The van der Waals surface area contributed by atoms with E-state index in [2.05, 4.69) is 26.8 Å². The van der Waals surface area contributed by atoms with E-state index in [1.54, 1.807) is 16.8 Å². The number of imide groups is 1. The van der Waals surface area contributed by atoms with Gasteiger partial charge in [0, 0.05) is 30.9 Å². The number of rotatable bonds is 5. The molecule has 0 atom stereocenters. The van der Waals surface area contributed by atoms with E-state index in [0.29, 0.717) is 37.3 Å². The number of anilines is 1. The minimum Gasteiger partial charge on any atom is -0.477 e. The van der Waals surface area contributed by atoms with E-state index in [4.69, 9.17) is 0 Å². The SMILES string of the molecule is CC1CCC(C(=O)N(c2cc(C3=CCC(C)(C)CC3)sc2C(=O)O)C2CCC3(CC2)C(=O)N(C)C(=O)N3C)CC1. The Morgan fingerprint density at radius 3 is 2.20 bits per heavy atom. The van der Waals surface area contributed by atoms with Gasteiger partial charge in [-0.25, -0.2) is 9.59 Å². The number of nitrogens with zero attached hydrogens (tertiary/aromatic N) is 3. The smallest absolute Gasteiger partial charge is 0.348 e. The number of hydrogen-bond acceptors (Lipinski definition) is 5. The van der Waals surface area contributed by atoms with Gasteiger partial charge in [-0.15, -0.1) is 11.3 Å². The molecule has 2 heterocycles. The Bertz CT molecular complexity index is 1230. The summed E-state index contributed by atoms with van der Waals surface area (Å²) >= 11 is 1.28. The van der Waals surface area contributed by atoms with Crippen LogP contribution < -0.4 is 4.90 Å². The lowest BCUT2D eigenvalue weighted by molar-refractivity contribution is -0.133. The average Bonchev–Trinajstić information content (AvgIpc) is 3.42. The third-order valence-electron chi connectivity index (χ3n) is 10.1. The molecule has 0 bridgehead atoms. The molecule has 218 valence electrons. The Kier molecular flexibility index (Phi) is 7.66. The number of urea groups is 1. The Hall–Kier alpha value is -2.68. The van der Waals surface area contributed by atoms with Crippen molar-refractivity contribution in [2.45, 2.75) is 103 Å². The van der Waals surface area contributed by atoms with Gasteiger partial charge in [0.05, 0.1) is 5.69 Å². The van der Waals surface area contributed by atoms with Gasteiger partial charge in [-0.05, 0) is 93.6 Å². The summed E-state index contributed by atoms with van der Waals surface area (Å²) in [5, 5.41) is 10.3. The fourth-order valence-electron chi connectivity index (χ4n) is 7.21. The quantitative estimate of drug-likeness (QED) is 0.414. The van der Waals surface area contributed by atoms with Gasteiger partial charge in [0.25, 0.3) is 5.91 Å². The zero-order valence-electron chi connectivity index (χ0n) is 24.5. The first-order valence-corrected chi connectivity index (χ1v) is 15.6. The van der Waals surface area contributed by atoms with Crippen molar-refractivity contribution in [1.82, 2.24) is 9.80 Å². The van der Waals surface area contributed by atoms with Gasteiger partial charge < -0.3 is 14.9 Å². The second-order valence-corrected chi connectivity index (χ2v) is 14.4. The molecule has 3 aliphatic carbocycles. The zero-order chi connectivity index (χ0) is 29.0. The van der Waals surface area contributed by atoms with Crippen LogP contribution in [-0.2, 0) is 9.59 Å². The van der Waals surface area contributed by atoms with Crippen LogP contribution in [0.3, 0.4) is 0 Å². The van der Waals surface area contributed by atoms with Crippen LogP contribution in [-0.4, -0.2) is 64.4 Å². The molecule has 1 aliphatic heterocycles. The highest BCUT2D eigenvalue weighted by molar-refractivity contribution is 7.15. The summed E-state index contributed by atoms with van der Waals surface area (Å²) in [5.41, 5.74) is 1.02. The number of likely N-dealkylation sites (N-methyl/N-ethyl adjacent to an activating group) is 2. The van der Waals surface area contributed by atoms with Crippen molar-refractivity contribution in [3.8, 4) is 0 Å². The molecule has 1 saturated heterocycles. The number of carboxylic acid groups (broad SMARTS) is 1. The first-order valence-electron chi connectivity index (χ1n) is 14.8. The van der Waals surface area contributed by atoms with E-state index in [9.17, 15) is 24.3 Å². The maximum atomic E-state index is 14.3. The molecule has 1 aromatic heterocycles. The van der Waals surface area contributed by atoms with Crippen molar-refractivity contribution in [2.24, 2.45) is 17.3 Å². The van der Waals surface area contributed by atoms with Gasteiger partial charge >= 0.3 is 12.0 Å². The maximum absolute atomic E-state index is 14.3. The summed E-state index contributed by atoms with van der Waals surface area (Å²) in [6.07, 6.45) is 10.7. The molecular formula is C31H43N3O5S. The molecule has 5 rings (SSSR count). The van der Waals surface area contributed by atoms with Gasteiger partial charge in [0.15, 0.2) is 0 Å². The van der Waals surface area contributed by atoms with E-state index in [1.165, 1.54) is 28.9 Å². The zero-order valence-corrected chi connectivity index (χ0v) is 25.3. The molecule has 1 spiro atoms. The van der Waals surface area contributed by atoms with Crippen LogP contribution in [0.1, 0.15) is 106 Å². The standard InChI is InChI=1S/C31H43N3O5S/c1-19-6-8-21(9-7-19)26(35)34(22-12-16-31(17-13-22)28(38)32(4)29(39)33(31)5)23-18-24(40-25(23)27(36)37)20-10-14-30(2,3)15-11-20/h10,18-19,21-22H,6-9,11-17H2,1-5H3,(H,36,37). The molecule has 0 radical (unpaired) electrons. The second-order valence-electron chi connectivity index (χ2n) is 13.4. The van der Waals surface area contributed by atoms with Crippen molar-refractivity contribution >= 4 is 46.4 Å². The highest BCUT2D eigenvalue weighted by atomic mass is 32.1. The highest BCUT2D eigenvalue weighted by Gasteiger charge is 2.56. The topological polar surface area (TPSA) is 98.2 Å². The minimum atomic E-state index is -1.01. The highest BCUT2D eigenvalue weighted by Crippen LogP contribution is 2.46. The Morgan fingerprint density at radius 2 is 1.68 bits per heavy atom. The summed E-state index contributed by atoms with van der Waals surface area (Å²) in [6.45, 7) is 6.73. The van der Waals surface area contributed by atoms with Crippen LogP contribution in [0.15, 0.2) is 12.1 Å². The lowest BCUT2D eigenvalue weighted by Gasteiger charge is -2.43. The molecule has 4 aliphatic rings. The van der Waals surface area contributed by atoms with E-state index in [0.717, 1.165) is 49.8 Å². The molecule has 8 nitrogen and oxygen atoms in total. The van der Waals surface area contributed by atoms with E-state index in [-0.39, 0.29) is 40.1 Å². The lowest BCUT2D eigenvalue weighted by Crippen LogP contribution is -2.55. The average molecular weight is 570 g/mol. The number of carbonyl (C=O) groups is 4. The Morgan fingerprint density at radius 1 is 1.02 bits per heavy atom. The largest absolute Gasteiger partial charge is 0.477 e. The second kappa shape index (κ2) is 10.6. The van der Waals surface area contributed by atoms with Crippen LogP contribution in [0.5, 0.6) is 0 Å². The first kappa shape index (κ1) is 28.8. The fraction of sp³-hybridized carbons (Fsp3) is 0.677. The molecule has 3 fully saturated rings. The Balaban J connectivity index is 1.49. The van der Waals surface area contributed by atoms with Crippen LogP contribution in [0.2, 0.25) is 0 Å². The molecular weight excluding hydrogens is 526 g/mol. The van der Waals surface area contributed by atoms with Crippen molar-refractivity contribution in [3.63, 3.8) is 0 Å². The van der Waals surface area contributed by atoms with Crippen LogP contribution in [0.25, 0.3) is 5.57 Å². The minimum absolute atomic E-state index is 0.0118. The van der Waals surface area contributed by atoms with E-state index >= 15 is 0 Å². The summed E-state index contributed by atoms with van der Waals surface area (Å²) in [6, 6.07) is 1.42. The summed E-state index contributed by atoms with van der Waals surface area (Å²) in [4.78, 5) is 58.3. The van der Waals surface area contributed by atoms with Crippen molar-refractivity contribution in [3.05, 3.63) is 21.9 Å². The maximum Gasteiger partial charge on any atom is 0.348 e. The number of aromatic carboxylic acids is 1. The third kappa shape index (κ3) is 4.99. The van der Waals surface area contributed by atoms with Crippen molar-refractivity contribution in [1.29, 1.82) is 0 Å². The third-order valence-corrected chi connectivity index (χ3v) is 11.3. The molecule has 1 aromatic rings. The molecule has 0 aromatic carbocycles. The number of carboxylic acids is 1. The van der Waals surface area contributed by atoms with Crippen LogP contribution in [0, 0.1) is 17.3 Å². The molecule has 2 saturated carbocycles. The van der Waals surface area contributed by atoms with Gasteiger partial charge in [-0.2, -0.15) is 0 Å². The molecule has 9 heteroatoms. The van der Waals surface area contributed by atoms with Gasteiger partial charge in [-0.3, -0.25) is 14.5 Å². The van der Waals surface area contributed by atoms with Gasteiger partial charge in [0.1, 0.15) is 10.4 Å².